The number of hydrogen-bond donors (Lipinski definition) is 1. The van der Waals surface area contributed by atoms with Crippen molar-refractivity contribution in [1.82, 2.24) is 4.98 Å². The summed E-state index contributed by atoms with van der Waals surface area (Å²) in [5.41, 5.74) is 5.73. The minimum absolute atomic E-state index is 0.446. The van der Waals surface area contributed by atoms with Crippen LogP contribution in [-0.4, -0.2) is 11.6 Å². The van der Waals surface area contributed by atoms with Crippen molar-refractivity contribution in [2.75, 3.05) is 11.9 Å². The highest BCUT2D eigenvalue weighted by Gasteiger charge is 2.09. The molecule has 0 bridgehead atoms. The molecule has 1 heterocycles. The fourth-order valence-corrected chi connectivity index (χ4v) is 3.85. The average molecular weight is 485 g/mol. The number of rotatable bonds is 9. The van der Waals surface area contributed by atoms with E-state index in [9.17, 15) is 0 Å². The number of para-hydroxylation sites is 2. The van der Waals surface area contributed by atoms with Crippen molar-refractivity contribution < 1.29 is 13.9 Å². The predicted octanol–water partition coefficient (Wildman–Crippen LogP) is 7.74. The number of anilines is 1. The van der Waals surface area contributed by atoms with Crippen LogP contribution in [0.25, 0.3) is 22.6 Å². The topological polar surface area (TPSA) is 56.5 Å². The van der Waals surface area contributed by atoms with Crippen LogP contribution in [0.4, 0.5) is 5.69 Å². The second-order valence-electron chi connectivity index (χ2n) is 8.05. The summed E-state index contributed by atoms with van der Waals surface area (Å²) >= 11 is 5.96. The summed E-state index contributed by atoms with van der Waals surface area (Å²) in [6.45, 7) is 3.62. The van der Waals surface area contributed by atoms with Gasteiger partial charge >= 0.3 is 0 Å². The summed E-state index contributed by atoms with van der Waals surface area (Å²) < 4.78 is 17.7. The molecule has 0 amide bonds. The van der Waals surface area contributed by atoms with Crippen molar-refractivity contribution in [3.8, 4) is 23.0 Å². The number of aromatic nitrogens is 1. The Bertz CT molecular complexity index is 1380. The Morgan fingerprint density at radius 2 is 1.60 bits per heavy atom. The maximum atomic E-state index is 6.01. The van der Waals surface area contributed by atoms with Crippen molar-refractivity contribution in [3.05, 3.63) is 107 Å². The fraction of sp³-hybridized carbons (Fsp3) is 0.138. The Kier molecular flexibility index (Phi) is 6.87. The molecule has 0 radical (unpaired) electrons. The van der Waals surface area contributed by atoms with E-state index in [0.29, 0.717) is 36.4 Å². The second kappa shape index (κ2) is 10.5. The van der Waals surface area contributed by atoms with Gasteiger partial charge in [-0.15, -0.1) is 0 Å². The van der Waals surface area contributed by atoms with Gasteiger partial charge in [-0.05, 0) is 78.7 Å². The van der Waals surface area contributed by atoms with Crippen LogP contribution in [-0.2, 0) is 13.2 Å². The van der Waals surface area contributed by atoms with Gasteiger partial charge < -0.3 is 19.2 Å². The van der Waals surface area contributed by atoms with Gasteiger partial charge in [0, 0.05) is 22.8 Å². The minimum Gasteiger partial charge on any atom is -0.490 e. The van der Waals surface area contributed by atoms with Crippen LogP contribution in [0.15, 0.2) is 95.4 Å². The van der Waals surface area contributed by atoms with E-state index in [4.69, 9.17) is 25.5 Å². The normalized spacial score (nSPS) is 10.9. The number of halogens is 1. The molecule has 0 unspecified atom stereocenters. The summed E-state index contributed by atoms with van der Waals surface area (Å²) in [6, 6.07) is 29.5. The van der Waals surface area contributed by atoms with Gasteiger partial charge in [0.15, 0.2) is 17.1 Å². The highest BCUT2D eigenvalue weighted by atomic mass is 35.5. The highest BCUT2D eigenvalue weighted by Crippen LogP contribution is 2.30. The highest BCUT2D eigenvalue weighted by molar-refractivity contribution is 6.30. The van der Waals surface area contributed by atoms with E-state index in [-0.39, 0.29) is 0 Å². The molecule has 4 aromatic carbocycles. The van der Waals surface area contributed by atoms with E-state index in [2.05, 4.69) is 10.3 Å². The summed E-state index contributed by atoms with van der Waals surface area (Å²) in [5, 5.41) is 4.17. The van der Waals surface area contributed by atoms with Crippen LogP contribution >= 0.6 is 11.6 Å². The van der Waals surface area contributed by atoms with Gasteiger partial charge in [-0.25, -0.2) is 4.98 Å². The Hall–Kier alpha value is -3.96. The Balaban J connectivity index is 1.23. The summed E-state index contributed by atoms with van der Waals surface area (Å²) in [7, 11) is 0. The van der Waals surface area contributed by atoms with Crippen molar-refractivity contribution >= 4 is 28.4 Å². The molecule has 0 fully saturated rings. The fourth-order valence-electron chi connectivity index (χ4n) is 3.72. The zero-order chi connectivity index (χ0) is 24.0. The second-order valence-corrected chi connectivity index (χ2v) is 8.48. The Morgan fingerprint density at radius 1 is 0.829 bits per heavy atom. The number of hydrogen-bond acceptors (Lipinski definition) is 5. The minimum atomic E-state index is 0.446. The van der Waals surface area contributed by atoms with Crippen LogP contribution in [0.3, 0.4) is 0 Å². The third kappa shape index (κ3) is 5.58. The molecule has 0 spiro atoms. The van der Waals surface area contributed by atoms with Crippen molar-refractivity contribution in [2.45, 2.75) is 20.1 Å². The first-order valence-corrected chi connectivity index (χ1v) is 11.9. The third-order valence-electron chi connectivity index (χ3n) is 5.54. The predicted molar refractivity (Wildman–Crippen MR) is 140 cm³/mol. The van der Waals surface area contributed by atoms with Crippen LogP contribution in [0.2, 0.25) is 5.02 Å². The largest absolute Gasteiger partial charge is 0.490 e. The van der Waals surface area contributed by atoms with Gasteiger partial charge in [-0.1, -0.05) is 41.9 Å². The maximum absolute atomic E-state index is 6.01. The molecule has 176 valence electrons. The van der Waals surface area contributed by atoms with Crippen LogP contribution in [0.5, 0.6) is 11.5 Å². The lowest BCUT2D eigenvalue weighted by molar-refractivity contribution is 0.269. The summed E-state index contributed by atoms with van der Waals surface area (Å²) in [4.78, 5) is 4.56. The number of ether oxygens (including phenoxy) is 2. The monoisotopic (exact) mass is 484 g/mol. The van der Waals surface area contributed by atoms with Gasteiger partial charge in [0.2, 0.25) is 5.89 Å². The molecular weight excluding hydrogens is 460 g/mol. The Labute approximate surface area is 209 Å². The SMILES string of the molecule is CCOc1cc(CNc2ccc(-c3nc4ccccc4o3)cc2)ccc1OCc1ccc(Cl)cc1. The average Bonchev–Trinajstić information content (AvgIpc) is 3.33. The molecular formula is C29H25ClN2O3. The molecule has 0 saturated carbocycles. The van der Waals surface area contributed by atoms with E-state index in [1.807, 2.05) is 97.9 Å². The molecule has 1 N–H and O–H groups in total. The van der Waals surface area contributed by atoms with Gasteiger partial charge in [0.1, 0.15) is 12.1 Å². The van der Waals surface area contributed by atoms with E-state index >= 15 is 0 Å². The number of benzene rings is 4. The van der Waals surface area contributed by atoms with Crippen LogP contribution in [0, 0.1) is 0 Å². The van der Waals surface area contributed by atoms with E-state index in [0.717, 1.165) is 39.2 Å². The van der Waals surface area contributed by atoms with Gasteiger partial charge in [-0.2, -0.15) is 0 Å². The quantitative estimate of drug-likeness (QED) is 0.232. The van der Waals surface area contributed by atoms with Crippen molar-refractivity contribution in [2.24, 2.45) is 0 Å². The zero-order valence-electron chi connectivity index (χ0n) is 19.3. The standard InChI is InChI=1S/C29H25ClN2O3/c1-2-33-28-17-21(9-16-27(28)34-19-20-7-12-23(30)13-8-20)18-31-24-14-10-22(11-15-24)29-32-25-5-3-4-6-26(25)35-29/h3-17,31H,2,18-19H2,1H3. The smallest absolute Gasteiger partial charge is 0.227 e. The molecule has 6 heteroatoms. The number of fused-ring (bicyclic) bond motifs is 1. The first-order chi connectivity index (χ1) is 17.2. The van der Waals surface area contributed by atoms with Gasteiger partial charge in [-0.3, -0.25) is 0 Å². The lowest BCUT2D eigenvalue weighted by Crippen LogP contribution is -2.03. The molecule has 5 aromatic rings. The molecule has 0 aliphatic carbocycles. The molecule has 0 aliphatic heterocycles. The number of nitrogens with zero attached hydrogens (tertiary/aromatic N) is 1. The number of oxazole rings is 1. The molecule has 5 nitrogen and oxygen atoms in total. The lowest BCUT2D eigenvalue weighted by Gasteiger charge is -2.14. The first kappa shape index (κ1) is 22.8. The van der Waals surface area contributed by atoms with Gasteiger partial charge in [0.25, 0.3) is 0 Å². The van der Waals surface area contributed by atoms with Crippen molar-refractivity contribution in [3.63, 3.8) is 0 Å². The van der Waals surface area contributed by atoms with Crippen molar-refractivity contribution in [1.29, 1.82) is 0 Å². The molecule has 0 atom stereocenters. The number of nitrogens with one attached hydrogen (secondary N) is 1. The van der Waals surface area contributed by atoms with E-state index < -0.39 is 0 Å². The van der Waals surface area contributed by atoms with Gasteiger partial charge in [0.05, 0.1) is 6.61 Å². The van der Waals surface area contributed by atoms with Crippen LogP contribution in [0.1, 0.15) is 18.1 Å². The molecule has 5 rings (SSSR count). The molecule has 35 heavy (non-hydrogen) atoms. The molecule has 0 aliphatic rings. The zero-order valence-corrected chi connectivity index (χ0v) is 20.1. The first-order valence-electron chi connectivity index (χ1n) is 11.5. The molecule has 0 saturated heterocycles. The summed E-state index contributed by atoms with van der Waals surface area (Å²) in [5.74, 6) is 2.06. The van der Waals surface area contributed by atoms with Crippen LogP contribution < -0.4 is 14.8 Å². The van der Waals surface area contributed by atoms with E-state index in [1.165, 1.54) is 0 Å². The lowest BCUT2D eigenvalue weighted by atomic mass is 10.1. The molecule has 1 aromatic heterocycles. The summed E-state index contributed by atoms with van der Waals surface area (Å²) in [6.07, 6.45) is 0. The third-order valence-corrected chi connectivity index (χ3v) is 5.79. The Morgan fingerprint density at radius 3 is 2.37 bits per heavy atom. The van der Waals surface area contributed by atoms with E-state index in [1.54, 1.807) is 0 Å². The maximum Gasteiger partial charge on any atom is 0.227 e.